The molecule has 0 unspecified atom stereocenters. The lowest BCUT2D eigenvalue weighted by Crippen LogP contribution is -2.30. The van der Waals surface area contributed by atoms with Crippen molar-refractivity contribution >= 4 is 17.5 Å². The Morgan fingerprint density at radius 1 is 1.18 bits per heavy atom. The van der Waals surface area contributed by atoms with Crippen LogP contribution >= 0.6 is 11.8 Å². The molecule has 1 aliphatic rings. The highest BCUT2D eigenvalue weighted by atomic mass is 32.2. The quantitative estimate of drug-likeness (QED) is 0.443. The van der Waals surface area contributed by atoms with Gasteiger partial charge in [0.05, 0.1) is 23.0 Å². The molecule has 33 heavy (non-hydrogen) atoms. The van der Waals surface area contributed by atoms with Gasteiger partial charge in [-0.2, -0.15) is 34.7 Å². The van der Waals surface area contributed by atoms with E-state index in [1.807, 2.05) is 0 Å². The van der Waals surface area contributed by atoms with Crippen LogP contribution in [0.4, 0.5) is 17.6 Å². The van der Waals surface area contributed by atoms with E-state index in [0.29, 0.717) is 11.5 Å². The number of hydrogen-bond donors (Lipinski definition) is 1. The van der Waals surface area contributed by atoms with Gasteiger partial charge in [-0.1, -0.05) is 6.07 Å². The minimum Gasteiger partial charge on any atom is -0.392 e. The number of Topliss-reactive ketones (excluding diaryl/α,β-unsaturated/α-hetero) is 1. The van der Waals surface area contributed by atoms with Crippen LogP contribution in [0.2, 0.25) is 0 Å². The van der Waals surface area contributed by atoms with Crippen LogP contribution in [-0.4, -0.2) is 43.3 Å². The van der Waals surface area contributed by atoms with Crippen LogP contribution in [0.25, 0.3) is 16.9 Å². The number of aliphatic hydroxyl groups excluding tert-OH is 1. The molecule has 0 aliphatic carbocycles. The number of pyridine rings is 1. The Morgan fingerprint density at radius 2 is 1.97 bits per heavy atom. The molecular weight excluding hydrogens is 462 g/mol. The van der Waals surface area contributed by atoms with Crippen LogP contribution in [0.15, 0.2) is 53.5 Å². The number of hydrogen-bond acceptors (Lipinski definition) is 6. The fraction of sp³-hybridized carbons (Fsp3) is 0.273. The maximum atomic E-state index is 13.8. The van der Waals surface area contributed by atoms with E-state index in [4.69, 9.17) is 0 Å². The molecule has 1 fully saturated rings. The first kappa shape index (κ1) is 23.1. The molecular formula is C22H17F4N3O3S. The minimum atomic E-state index is -4.63. The molecule has 4 rings (SSSR count). The van der Waals surface area contributed by atoms with Crippen molar-refractivity contribution in [3.8, 4) is 16.9 Å². The molecule has 1 aliphatic heterocycles. The zero-order valence-electron chi connectivity index (χ0n) is 16.9. The van der Waals surface area contributed by atoms with Crippen LogP contribution in [0.1, 0.15) is 22.5 Å². The van der Waals surface area contributed by atoms with Crippen molar-refractivity contribution in [3.63, 3.8) is 0 Å². The summed E-state index contributed by atoms with van der Waals surface area (Å²) in [5.41, 5.74) is -1.95. The van der Waals surface area contributed by atoms with Gasteiger partial charge in [-0.05, 0) is 42.2 Å². The summed E-state index contributed by atoms with van der Waals surface area (Å²) in [5.74, 6) is -0.452. The highest BCUT2D eigenvalue weighted by molar-refractivity contribution is 7.99. The normalized spacial score (nSPS) is 18.5. The third-order valence-corrected chi connectivity index (χ3v) is 6.47. The van der Waals surface area contributed by atoms with Gasteiger partial charge in [0, 0.05) is 29.9 Å². The summed E-state index contributed by atoms with van der Waals surface area (Å²) < 4.78 is 53.2. The summed E-state index contributed by atoms with van der Waals surface area (Å²) in [6.45, 7) is 0. The smallest absolute Gasteiger partial charge is 0.392 e. The number of benzene rings is 1. The Morgan fingerprint density at radius 3 is 2.58 bits per heavy atom. The fourth-order valence-corrected chi connectivity index (χ4v) is 4.75. The van der Waals surface area contributed by atoms with Crippen molar-refractivity contribution in [2.45, 2.75) is 18.7 Å². The van der Waals surface area contributed by atoms with Crippen LogP contribution in [0.5, 0.6) is 0 Å². The van der Waals surface area contributed by atoms with Crippen LogP contribution in [0.3, 0.4) is 0 Å². The van der Waals surface area contributed by atoms with E-state index in [1.54, 1.807) is 0 Å². The number of carbonyl (C=O) groups excluding carboxylic acids is 1. The number of aromatic nitrogens is 3. The Bertz CT molecular complexity index is 1240. The molecule has 3 heterocycles. The second kappa shape index (κ2) is 9.06. The molecule has 0 spiro atoms. The van der Waals surface area contributed by atoms with Crippen molar-refractivity contribution in [2.75, 3.05) is 11.5 Å². The molecule has 0 saturated carbocycles. The lowest BCUT2D eigenvalue weighted by atomic mass is 9.96. The maximum Gasteiger partial charge on any atom is 0.433 e. The van der Waals surface area contributed by atoms with Crippen molar-refractivity contribution in [3.05, 3.63) is 76.1 Å². The van der Waals surface area contributed by atoms with E-state index in [9.17, 15) is 32.3 Å². The number of carbonyl (C=O) groups is 1. The molecule has 6 nitrogen and oxygen atoms in total. The molecule has 1 saturated heterocycles. The van der Waals surface area contributed by atoms with Gasteiger partial charge in [-0.15, -0.1) is 0 Å². The Hall–Kier alpha value is -3.05. The van der Waals surface area contributed by atoms with E-state index in [-0.39, 0.29) is 34.8 Å². The maximum absolute atomic E-state index is 13.8. The Balaban J connectivity index is 1.81. The van der Waals surface area contributed by atoms with Crippen LogP contribution < -0.4 is 5.56 Å². The van der Waals surface area contributed by atoms with Crippen molar-refractivity contribution in [1.82, 2.24) is 14.8 Å². The standard InChI is InChI=1S/C22H17F4N3O3S/c23-14-2-1-3-15(7-14)29-21(32)16(18(30)6-13-10-33-11-19(13)31)8-17(28-29)12-4-5-20(27-9-12)22(24,25)26/h1-5,7-9,13,19,31H,6,10-11H2/t13-,19+/m1/s1. The summed E-state index contributed by atoms with van der Waals surface area (Å²) >= 11 is 1.50. The van der Waals surface area contributed by atoms with E-state index < -0.39 is 35.1 Å². The fourth-order valence-electron chi connectivity index (χ4n) is 3.46. The van der Waals surface area contributed by atoms with E-state index in [2.05, 4.69) is 10.1 Å². The van der Waals surface area contributed by atoms with Gasteiger partial charge in [0.15, 0.2) is 5.78 Å². The van der Waals surface area contributed by atoms with Crippen molar-refractivity contribution < 1.29 is 27.5 Å². The predicted octanol–water partition coefficient (Wildman–Crippen LogP) is 3.75. The molecule has 0 radical (unpaired) electrons. The molecule has 2 aromatic heterocycles. The molecule has 0 bridgehead atoms. The van der Waals surface area contributed by atoms with Crippen molar-refractivity contribution in [1.29, 1.82) is 0 Å². The number of ketones is 1. The average molecular weight is 479 g/mol. The lowest BCUT2D eigenvalue weighted by molar-refractivity contribution is -0.141. The average Bonchev–Trinajstić information content (AvgIpc) is 3.17. The Kier molecular flexibility index (Phi) is 6.35. The van der Waals surface area contributed by atoms with Crippen molar-refractivity contribution in [2.24, 2.45) is 5.92 Å². The molecule has 0 amide bonds. The number of alkyl halides is 3. The monoisotopic (exact) mass is 479 g/mol. The molecule has 1 aromatic carbocycles. The summed E-state index contributed by atoms with van der Waals surface area (Å²) in [7, 11) is 0. The topological polar surface area (TPSA) is 85.1 Å². The Labute approximate surface area is 189 Å². The van der Waals surface area contributed by atoms with Gasteiger partial charge in [-0.25, -0.2) is 4.39 Å². The molecule has 11 heteroatoms. The van der Waals surface area contributed by atoms with Crippen LogP contribution in [0, 0.1) is 11.7 Å². The molecule has 172 valence electrons. The highest BCUT2D eigenvalue weighted by Gasteiger charge is 2.32. The SMILES string of the molecule is O=C(C[C@@H]1CSC[C@@H]1O)c1cc(-c2ccc(C(F)(F)F)nc2)nn(-c2cccc(F)c2)c1=O. The van der Waals surface area contributed by atoms with Gasteiger partial charge in [-0.3, -0.25) is 14.6 Å². The van der Waals surface area contributed by atoms with Gasteiger partial charge >= 0.3 is 6.18 Å². The van der Waals surface area contributed by atoms with Gasteiger partial charge in [0.25, 0.3) is 5.56 Å². The molecule has 3 aromatic rings. The highest BCUT2D eigenvalue weighted by Crippen LogP contribution is 2.30. The minimum absolute atomic E-state index is 0.0183. The first-order chi connectivity index (χ1) is 15.6. The van der Waals surface area contributed by atoms with Gasteiger partial charge < -0.3 is 5.11 Å². The summed E-state index contributed by atoms with van der Waals surface area (Å²) in [6.07, 6.45) is -4.45. The zero-order valence-corrected chi connectivity index (χ0v) is 17.7. The molecule has 1 N–H and O–H groups in total. The predicted molar refractivity (Wildman–Crippen MR) is 114 cm³/mol. The largest absolute Gasteiger partial charge is 0.433 e. The number of thioether (sulfide) groups is 1. The van der Waals surface area contributed by atoms with Crippen LogP contribution in [-0.2, 0) is 6.18 Å². The third-order valence-electron chi connectivity index (χ3n) is 5.23. The zero-order chi connectivity index (χ0) is 23.8. The number of aliphatic hydroxyl groups is 1. The number of rotatable bonds is 5. The third kappa shape index (κ3) is 4.98. The van der Waals surface area contributed by atoms with E-state index >= 15 is 0 Å². The first-order valence-electron chi connectivity index (χ1n) is 9.86. The first-order valence-corrected chi connectivity index (χ1v) is 11.0. The lowest BCUT2D eigenvalue weighted by Gasteiger charge is -2.14. The molecule has 2 atom stereocenters. The van der Waals surface area contributed by atoms with Gasteiger partial charge in [0.2, 0.25) is 0 Å². The summed E-state index contributed by atoms with van der Waals surface area (Å²) in [4.78, 5) is 29.5. The van der Waals surface area contributed by atoms with Gasteiger partial charge in [0.1, 0.15) is 11.5 Å². The number of nitrogens with zero attached hydrogens (tertiary/aromatic N) is 3. The number of halogens is 4. The summed E-state index contributed by atoms with van der Waals surface area (Å²) in [6, 6.07) is 8.08. The van der Waals surface area contributed by atoms with E-state index in [0.717, 1.165) is 29.1 Å². The summed E-state index contributed by atoms with van der Waals surface area (Å²) in [5, 5.41) is 14.2. The van der Waals surface area contributed by atoms with E-state index in [1.165, 1.54) is 36.0 Å². The second-order valence-corrected chi connectivity index (χ2v) is 8.64. The second-order valence-electron chi connectivity index (χ2n) is 7.56.